The normalized spacial score (nSPS) is 34.2. The van der Waals surface area contributed by atoms with Crippen molar-refractivity contribution in [1.82, 2.24) is 0 Å². The Morgan fingerprint density at radius 2 is 2.44 bits per heavy atom. The van der Waals surface area contributed by atoms with Gasteiger partial charge in [-0.1, -0.05) is 17.9 Å². The Morgan fingerprint density at radius 1 is 1.78 bits per heavy atom. The SMILES string of the molecule is CCCC1OC1[P+](=O)[O-]. The van der Waals surface area contributed by atoms with Crippen molar-refractivity contribution in [3.63, 3.8) is 0 Å². The molecule has 0 aliphatic carbocycles. The summed E-state index contributed by atoms with van der Waals surface area (Å²) in [6.07, 6.45) is 1.87. The summed E-state index contributed by atoms with van der Waals surface area (Å²) >= 11 is 0. The highest BCUT2D eigenvalue weighted by Crippen LogP contribution is 2.39. The van der Waals surface area contributed by atoms with Gasteiger partial charge in [0.05, 0.1) is 0 Å². The summed E-state index contributed by atoms with van der Waals surface area (Å²) in [4.78, 5) is 10.2. The van der Waals surface area contributed by atoms with Crippen molar-refractivity contribution < 1.29 is 14.2 Å². The summed E-state index contributed by atoms with van der Waals surface area (Å²) in [6.45, 7) is 2.01. The van der Waals surface area contributed by atoms with Crippen LogP contribution in [0.2, 0.25) is 0 Å². The van der Waals surface area contributed by atoms with Crippen LogP contribution in [0.5, 0.6) is 0 Å². The van der Waals surface area contributed by atoms with E-state index in [2.05, 4.69) is 0 Å². The highest BCUT2D eigenvalue weighted by Gasteiger charge is 2.48. The highest BCUT2D eigenvalue weighted by atomic mass is 31.1. The van der Waals surface area contributed by atoms with E-state index in [1.807, 2.05) is 6.92 Å². The molecular formula is C5H9O3P. The molecule has 0 radical (unpaired) electrons. The van der Waals surface area contributed by atoms with Gasteiger partial charge in [-0.2, -0.15) is 0 Å². The van der Waals surface area contributed by atoms with Crippen molar-refractivity contribution in [1.29, 1.82) is 0 Å². The second-order valence-electron chi connectivity index (χ2n) is 2.14. The Kier molecular flexibility index (Phi) is 2.17. The maximum atomic E-state index is 10.2. The molecule has 0 aromatic rings. The topological polar surface area (TPSA) is 52.7 Å². The predicted molar refractivity (Wildman–Crippen MR) is 31.2 cm³/mol. The fourth-order valence-corrected chi connectivity index (χ4v) is 1.49. The van der Waals surface area contributed by atoms with Gasteiger partial charge in [0.15, 0.2) is 0 Å². The number of hydrogen-bond donors (Lipinski definition) is 0. The van der Waals surface area contributed by atoms with E-state index in [1.54, 1.807) is 0 Å². The van der Waals surface area contributed by atoms with Crippen molar-refractivity contribution in [3.8, 4) is 0 Å². The average Bonchev–Trinajstić information content (AvgIpc) is 2.47. The first-order valence-corrected chi connectivity index (χ1v) is 4.29. The fraction of sp³-hybridized carbons (Fsp3) is 1.00. The molecule has 0 N–H and O–H groups in total. The molecule has 1 aliphatic heterocycles. The standard InChI is InChI=1S/C5H9O3P/c1-2-3-4-5(8-4)9(6)7/h4-5H,2-3H2,1H3. The van der Waals surface area contributed by atoms with Gasteiger partial charge < -0.3 is 9.63 Å². The van der Waals surface area contributed by atoms with Crippen LogP contribution in [0.1, 0.15) is 19.8 Å². The van der Waals surface area contributed by atoms with Gasteiger partial charge in [-0.05, 0) is 6.42 Å². The van der Waals surface area contributed by atoms with Crippen LogP contribution in [0, 0.1) is 0 Å². The molecule has 3 atom stereocenters. The number of epoxide rings is 1. The van der Waals surface area contributed by atoms with Gasteiger partial charge in [0.2, 0.25) is 0 Å². The molecule has 1 saturated heterocycles. The largest absolute Gasteiger partial charge is 0.593 e. The van der Waals surface area contributed by atoms with Crippen LogP contribution in [0.3, 0.4) is 0 Å². The van der Waals surface area contributed by atoms with Gasteiger partial charge in [0, 0.05) is 0 Å². The van der Waals surface area contributed by atoms with Crippen LogP contribution in [-0.2, 0) is 9.30 Å². The van der Waals surface area contributed by atoms with E-state index < -0.39 is 13.9 Å². The van der Waals surface area contributed by atoms with E-state index in [-0.39, 0.29) is 6.10 Å². The molecular weight excluding hydrogens is 139 g/mol. The minimum atomic E-state index is -2.32. The lowest BCUT2D eigenvalue weighted by Gasteiger charge is -1.81. The van der Waals surface area contributed by atoms with Crippen LogP contribution in [0.25, 0.3) is 0 Å². The summed E-state index contributed by atoms with van der Waals surface area (Å²) in [5, 5.41) is 0. The molecule has 1 heterocycles. The van der Waals surface area contributed by atoms with Crippen LogP contribution in [0.4, 0.5) is 0 Å². The van der Waals surface area contributed by atoms with Gasteiger partial charge in [-0.25, -0.2) is 0 Å². The smallest absolute Gasteiger partial charge is 0.344 e. The quantitative estimate of drug-likeness (QED) is 0.435. The highest BCUT2D eigenvalue weighted by molar-refractivity contribution is 7.37. The first-order chi connectivity index (χ1) is 4.25. The van der Waals surface area contributed by atoms with Gasteiger partial charge >= 0.3 is 8.03 Å². The van der Waals surface area contributed by atoms with Crippen LogP contribution in [0.15, 0.2) is 0 Å². The summed E-state index contributed by atoms with van der Waals surface area (Å²) in [5.41, 5.74) is 0. The number of ether oxygens (including phenoxy) is 1. The molecule has 1 rings (SSSR count). The second-order valence-corrected chi connectivity index (χ2v) is 3.22. The van der Waals surface area contributed by atoms with Gasteiger partial charge in [-0.15, -0.1) is 0 Å². The molecule has 0 aromatic carbocycles. The third kappa shape index (κ3) is 1.71. The Balaban J connectivity index is 2.17. The zero-order valence-corrected chi connectivity index (χ0v) is 6.14. The van der Waals surface area contributed by atoms with E-state index >= 15 is 0 Å². The van der Waals surface area contributed by atoms with Crippen LogP contribution >= 0.6 is 8.03 Å². The molecule has 0 spiro atoms. The molecule has 9 heavy (non-hydrogen) atoms. The average molecular weight is 148 g/mol. The Hall–Kier alpha value is 0.0200. The van der Waals surface area contributed by atoms with Crippen molar-refractivity contribution in [2.75, 3.05) is 0 Å². The molecule has 3 unspecified atom stereocenters. The van der Waals surface area contributed by atoms with Gasteiger partial charge in [-0.3, -0.25) is 0 Å². The summed E-state index contributed by atoms with van der Waals surface area (Å²) in [5.74, 6) is -0.458. The Labute approximate surface area is 54.9 Å². The molecule has 1 fully saturated rings. The monoisotopic (exact) mass is 148 g/mol. The number of hydrogen-bond acceptors (Lipinski definition) is 3. The zero-order chi connectivity index (χ0) is 6.85. The first kappa shape index (κ1) is 7.13. The Morgan fingerprint density at radius 3 is 2.78 bits per heavy atom. The van der Waals surface area contributed by atoms with E-state index in [0.717, 1.165) is 12.8 Å². The lowest BCUT2D eigenvalue weighted by molar-refractivity contribution is -0.166. The van der Waals surface area contributed by atoms with Crippen molar-refractivity contribution in [2.45, 2.75) is 31.7 Å². The molecule has 0 bridgehead atoms. The second kappa shape index (κ2) is 2.74. The van der Waals surface area contributed by atoms with Gasteiger partial charge in [0.1, 0.15) is 6.10 Å². The minimum absolute atomic E-state index is 0.0103. The maximum absolute atomic E-state index is 10.2. The minimum Gasteiger partial charge on any atom is -0.593 e. The van der Waals surface area contributed by atoms with Crippen molar-refractivity contribution in [3.05, 3.63) is 0 Å². The van der Waals surface area contributed by atoms with Gasteiger partial charge in [0.25, 0.3) is 5.85 Å². The first-order valence-electron chi connectivity index (χ1n) is 3.04. The van der Waals surface area contributed by atoms with E-state index in [9.17, 15) is 9.46 Å². The lowest BCUT2D eigenvalue weighted by Crippen LogP contribution is -1.95. The Bertz CT molecular complexity index is 125. The molecule has 52 valence electrons. The molecule has 4 heteroatoms. The van der Waals surface area contributed by atoms with Crippen molar-refractivity contribution >= 4 is 8.03 Å². The lowest BCUT2D eigenvalue weighted by atomic mass is 10.3. The van der Waals surface area contributed by atoms with Crippen LogP contribution in [-0.4, -0.2) is 11.9 Å². The third-order valence-corrected chi connectivity index (χ3v) is 2.21. The van der Waals surface area contributed by atoms with E-state index in [0.29, 0.717) is 0 Å². The molecule has 1 aliphatic rings. The maximum Gasteiger partial charge on any atom is 0.344 e. The predicted octanol–water partition coefficient (Wildman–Crippen LogP) is 0.614. The molecule has 0 aromatic heterocycles. The summed E-state index contributed by atoms with van der Waals surface area (Å²) in [6, 6.07) is 0. The summed E-state index contributed by atoms with van der Waals surface area (Å²) in [7, 11) is -2.32. The van der Waals surface area contributed by atoms with Crippen LogP contribution < -0.4 is 4.89 Å². The van der Waals surface area contributed by atoms with E-state index in [4.69, 9.17) is 4.74 Å². The molecule has 0 saturated carbocycles. The zero-order valence-electron chi connectivity index (χ0n) is 5.24. The summed E-state index contributed by atoms with van der Waals surface area (Å²) < 4.78 is 15.0. The van der Waals surface area contributed by atoms with E-state index in [1.165, 1.54) is 0 Å². The third-order valence-electron chi connectivity index (χ3n) is 1.34. The molecule has 0 amide bonds. The van der Waals surface area contributed by atoms with Crippen molar-refractivity contribution in [2.24, 2.45) is 0 Å². The molecule has 3 nitrogen and oxygen atoms in total. The fourth-order valence-electron chi connectivity index (χ4n) is 0.814. The number of rotatable bonds is 3.